The van der Waals surface area contributed by atoms with Gasteiger partial charge in [0.15, 0.2) is 0 Å². The van der Waals surface area contributed by atoms with E-state index in [0.717, 1.165) is 24.7 Å². The van der Waals surface area contributed by atoms with E-state index in [4.69, 9.17) is 0 Å². The van der Waals surface area contributed by atoms with Gasteiger partial charge in [-0.15, -0.1) is 0 Å². The number of anilines is 2. The fraction of sp³-hybridized carbons (Fsp3) is 0.667. The molecule has 3 saturated carbocycles. The van der Waals surface area contributed by atoms with Crippen LogP contribution in [0.1, 0.15) is 58.2 Å². The van der Waals surface area contributed by atoms with Crippen LogP contribution in [-0.2, 0) is 0 Å². The summed E-state index contributed by atoms with van der Waals surface area (Å²) in [5.41, 5.74) is 0. The summed E-state index contributed by atoms with van der Waals surface area (Å²) in [4.78, 5) is 13.5. The Kier molecular flexibility index (Phi) is 3.84. The maximum Gasteiger partial charge on any atom is 0.228 e. The van der Waals surface area contributed by atoms with E-state index < -0.39 is 0 Å². The van der Waals surface area contributed by atoms with Crippen molar-refractivity contribution in [1.82, 2.24) is 15.0 Å². The Bertz CT molecular complexity index is 596. The summed E-state index contributed by atoms with van der Waals surface area (Å²) >= 11 is 0. The third-order valence-electron chi connectivity index (χ3n) is 4.86. The zero-order chi connectivity index (χ0) is 15.8. The molecule has 23 heavy (non-hydrogen) atoms. The van der Waals surface area contributed by atoms with E-state index in [1.54, 1.807) is 0 Å². The highest BCUT2D eigenvalue weighted by molar-refractivity contribution is 5.42. The first-order valence-corrected chi connectivity index (χ1v) is 8.83. The fourth-order valence-electron chi connectivity index (χ4n) is 2.73. The number of hydrogen-bond acceptors (Lipinski definition) is 5. The van der Waals surface area contributed by atoms with Crippen LogP contribution in [-0.4, -0.2) is 27.0 Å². The molecule has 1 radical (unpaired) electrons. The van der Waals surface area contributed by atoms with Gasteiger partial charge in [0, 0.05) is 18.0 Å². The van der Waals surface area contributed by atoms with Crippen molar-refractivity contribution in [3.8, 4) is 11.8 Å². The SMILES string of the molecule is C[C@@H](Nc1nc(C#C[C]2CC2)nc(N[C@H](C)C2CC2)n1)C1CC1. The van der Waals surface area contributed by atoms with Gasteiger partial charge in [0.2, 0.25) is 17.7 Å². The third kappa shape index (κ3) is 4.13. The van der Waals surface area contributed by atoms with Crippen LogP contribution >= 0.6 is 0 Å². The molecule has 3 aliphatic carbocycles. The molecule has 2 N–H and O–H groups in total. The Morgan fingerprint density at radius 1 is 0.826 bits per heavy atom. The van der Waals surface area contributed by atoms with Crippen molar-refractivity contribution in [2.75, 3.05) is 10.6 Å². The van der Waals surface area contributed by atoms with Gasteiger partial charge in [0.25, 0.3) is 0 Å². The number of hydrogen-bond donors (Lipinski definition) is 2. The Morgan fingerprint density at radius 3 is 1.78 bits per heavy atom. The molecule has 0 bridgehead atoms. The summed E-state index contributed by atoms with van der Waals surface area (Å²) in [7, 11) is 0. The molecule has 0 saturated heterocycles. The zero-order valence-electron chi connectivity index (χ0n) is 13.9. The molecule has 1 heterocycles. The lowest BCUT2D eigenvalue weighted by molar-refractivity contribution is 0.675. The van der Waals surface area contributed by atoms with Crippen LogP contribution in [0, 0.1) is 29.6 Å². The van der Waals surface area contributed by atoms with Gasteiger partial charge >= 0.3 is 0 Å². The summed E-state index contributed by atoms with van der Waals surface area (Å²) in [6.45, 7) is 4.40. The Balaban J connectivity index is 1.52. The van der Waals surface area contributed by atoms with Crippen molar-refractivity contribution >= 4 is 11.9 Å². The first kappa shape index (κ1) is 14.7. The normalized spacial score (nSPS) is 22.7. The number of nitrogens with zero attached hydrogens (tertiary/aromatic N) is 3. The largest absolute Gasteiger partial charge is 0.351 e. The Morgan fingerprint density at radius 2 is 1.35 bits per heavy atom. The van der Waals surface area contributed by atoms with Crippen LogP contribution in [0.2, 0.25) is 0 Å². The quantitative estimate of drug-likeness (QED) is 0.791. The molecule has 0 aliphatic heterocycles. The Hall–Kier alpha value is -1.83. The monoisotopic (exact) mass is 310 g/mol. The summed E-state index contributed by atoms with van der Waals surface area (Å²) in [5.74, 6) is 10.9. The summed E-state index contributed by atoms with van der Waals surface area (Å²) in [6.07, 6.45) is 7.46. The number of rotatable bonds is 6. The van der Waals surface area contributed by atoms with Crippen molar-refractivity contribution in [3.63, 3.8) is 0 Å². The topological polar surface area (TPSA) is 62.7 Å². The van der Waals surface area contributed by atoms with Crippen molar-refractivity contribution in [2.24, 2.45) is 11.8 Å². The molecule has 0 amide bonds. The Labute approximate surface area is 138 Å². The summed E-state index contributed by atoms with van der Waals surface area (Å²) in [6, 6.07) is 0.814. The van der Waals surface area contributed by atoms with E-state index in [2.05, 4.69) is 51.3 Å². The van der Waals surface area contributed by atoms with E-state index >= 15 is 0 Å². The van der Waals surface area contributed by atoms with Crippen molar-refractivity contribution in [2.45, 2.75) is 64.5 Å². The molecule has 1 aromatic rings. The molecule has 121 valence electrons. The minimum atomic E-state index is 0.407. The average Bonchev–Trinajstić information content (AvgIpc) is 3.42. The molecule has 0 spiro atoms. The second kappa shape index (κ2) is 5.99. The average molecular weight is 310 g/mol. The molecule has 0 unspecified atom stereocenters. The zero-order valence-corrected chi connectivity index (χ0v) is 13.9. The predicted octanol–water partition coefficient (Wildman–Crippen LogP) is 3.01. The standard InChI is InChI=1S/C18H24N5/c1-11(14-6-7-14)19-17-21-16(10-5-13-3-4-13)22-18(23-17)20-12(2)15-8-9-15/h11-12,14-15H,3-4,6-9H2,1-2H3,(H2,19,20,21,22,23)/t11-,12-/m1/s1. The van der Waals surface area contributed by atoms with E-state index in [0.29, 0.717) is 29.8 Å². The fourth-order valence-corrected chi connectivity index (χ4v) is 2.73. The van der Waals surface area contributed by atoms with Crippen molar-refractivity contribution in [3.05, 3.63) is 11.7 Å². The molecule has 5 heteroatoms. The highest BCUT2D eigenvalue weighted by Gasteiger charge is 2.30. The minimum absolute atomic E-state index is 0.407. The molecular weight excluding hydrogens is 286 g/mol. The first-order chi connectivity index (χ1) is 11.2. The van der Waals surface area contributed by atoms with Crippen LogP contribution in [0.5, 0.6) is 0 Å². The van der Waals surface area contributed by atoms with Gasteiger partial charge in [-0.25, -0.2) is 0 Å². The molecule has 5 nitrogen and oxygen atoms in total. The lowest BCUT2D eigenvalue weighted by Gasteiger charge is -2.16. The molecule has 4 rings (SSSR count). The van der Waals surface area contributed by atoms with Gasteiger partial charge in [-0.1, -0.05) is 5.92 Å². The van der Waals surface area contributed by atoms with Gasteiger partial charge in [0.05, 0.1) is 0 Å². The predicted molar refractivity (Wildman–Crippen MR) is 90.8 cm³/mol. The molecule has 3 fully saturated rings. The maximum atomic E-state index is 4.56. The minimum Gasteiger partial charge on any atom is -0.351 e. The lowest BCUT2D eigenvalue weighted by Crippen LogP contribution is -2.23. The maximum absolute atomic E-state index is 4.56. The molecule has 1 aromatic heterocycles. The van der Waals surface area contributed by atoms with Gasteiger partial charge in [-0.2, -0.15) is 15.0 Å². The van der Waals surface area contributed by atoms with Crippen LogP contribution in [0.4, 0.5) is 11.9 Å². The van der Waals surface area contributed by atoms with E-state index in [1.807, 2.05) is 0 Å². The van der Waals surface area contributed by atoms with Gasteiger partial charge < -0.3 is 10.6 Å². The van der Waals surface area contributed by atoms with Gasteiger partial charge in [-0.05, 0) is 70.1 Å². The van der Waals surface area contributed by atoms with Crippen LogP contribution < -0.4 is 10.6 Å². The highest BCUT2D eigenvalue weighted by atomic mass is 15.2. The number of aromatic nitrogens is 3. The highest BCUT2D eigenvalue weighted by Crippen LogP contribution is 2.35. The van der Waals surface area contributed by atoms with Crippen LogP contribution in [0.25, 0.3) is 0 Å². The molecule has 3 aliphatic rings. The van der Waals surface area contributed by atoms with Gasteiger partial charge in [-0.3, -0.25) is 0 Å². The summed E-state index contributed by atoms with van der Waals surface area (Å²) in [5, 5.41) is 6.86. The van der Waals surface area contributed by atoms with Crippen LogP contribution in [0.15, 0.2) is 0 Å². The lowest BCUT2D eigenvalue weighted by atomic mass is 10.2. The van der Waals surface area contributed by atoms with E-state index in [1.165, 1.54) is 31.6 Å². The molecule has 2 atom stereocenters. The van der Waals surface area contributed by atoms with Gasteiger partial charge in [0.1, 0.15) is 0 Å². The molecule has 0 aromatic carbocycles. The van der Waals surface area contributed by atoms with Crippen LogP contribution in [0.3, 0.4) is 0 Å². The van der Waals surface area contributed by atoms with E-state index in [9.17, 15) is 0 Å². The smallest absolute Gasteiger partial charge is 0.228 e. The van der Waals surface area contributed by atoms with Crippen molar-refractivity contribution in [1.29, 1.82) is 0 Å². The molecular formula is C18H24N5. The van der Waals surface area contributed by atoms with Crippen molar-refractivity contribution < 1.29 is 0 Å². The summed E-state index contributed by atoms with van der Waals surface area (Å²) < 4.78 is 0. The number of nitrogens with one attached hydrogen (secondary N) is 2. The third-order valence-corrected chi connectivity index (χ3v) is 4.86. The second-order valence-electron chi connectivity index (χ2n) is 7.20. The second-order valence-corrected chi connectivity index (χ2v) is 7.20. The first-order valence-electron chi connectivity index (χ1n) is 8.83. The van der Waals surface area contributed by atoms with E-state index in [-0.39, 0.29) is 0 Å².